The highest BCUT2D eigenvalue weighted by Gasteiger charge is 2.33. The first-order valence-electron chi connectivity index (χ1n) is 4.93. The first-order valence-corrected chi connectivity index (χ1v) is 4.93. The van der Waals surface area contributed by atoms with Crippen molar-refractivity contribution in [1.29, 1.82) is 0 Å². The summed E-state index contributed by atoms with van der Waals surface area (Å²) in [6.45, 7) is 0.727. The van der Waals surface area contributed by atoms with Crippen LogP contribution in [0.2, 0.25) is 0 Å². The summed E-state index contributed by atoms with van der Waals surface area (Å²) < 4.78 is 0. The Hall–Kier alpha value is -0.990. The molecule has 1 aliphatic carbocycles. The maximum atomic E-state index is 10.9. The van der Waals surface area contributed by atoms with Gasteiger partial charge in [0.1, 0.15) is 0 Å². The van der Waals surface area contributed by atoms with Crippen molar-refractivity contribution in [2.45, 2.75) is 31.7 Å². The molecule has 1 saturated heterocycles. The van der Waals surface area contributed by atoms with Gasteiger partial charge in [0.15, 0.2) is 0 Å². The van der Waals surface area contributed by atoms with E-state index in [4.69, 9.17) is 5.11 Å². The van der Waals surface area contributed by atoms with Gasteiger partial charge in [0, 0.05) is 12.6 Å². The molecule has 0 bridgehead atoms. The minimum Gasteiger partial charge on any atom is -0.465 e. The lowest BCUT2D eigenvalue weighted by Gasteiger charge is -2.40. The number of rotatable bonds is 0. The van der Waals surface area contributed by atoms with Crippen molar-refractivity contribution >= 4 is 6.09 Å². The number of nitrogens with zero attached hydrogens (tertiary/aromatic N) is 1. The zero-order valence-electron chi connectivity index (χ0n) is 7.65. The standard InChI is InChI=1S/C10H15NO2/c12-10(13)11-7-3-5-8-4-1-2-6-9(8)11/h1-2,8-9H,3-7H2,(H,12,13)/t8-,9-/m0/s1. The first-order chi connectivity index (χ1) is 6.29. The van der Waals surface area contributed by atoms with Crippen LogP contribution in [0.4, 0.5) is 4.79 Å². The Bertz CT molecular complexity index is 237. The number of likely N-dealkylation sites (tertiary alicyclic amines) is 1. The number of amides is 1. The van der Waals surface area contributed by atoms with Crippen molar-refractivity contribution in [2.24, 2.45) is 5.92 Å². The SMILES string of the molecule is O=C(O)N1CCC[C@@H]2CC=CC[C@@H]21. The molecule has 0 spiro atoms. The predicted molar refractivity (Wildman–Crippen MR) is 49.6 cm³/mol. The molecule has 1 aliphatic heterocycles. The highest BCUT2D eigenvalue weighted by molar-refractivity contribution is 5.65. The molecule has 0 aromatic rings. The summed E-state index contributed by atoms with van der Waals surface area (Å²) in [5.41, 5.74) is 0. The normalized spacial score (nSPS) is 32.8. The second-order valence-electron chi connectivity index (χ2n) is 3.89. The van der Waals surface area contributed by atoms with E-state index in [2.05, 4.69) is 12.2 Å². The molecule has 0 radical (unpaired) electrons. The van der Waals surface area contributed by atoms with Crippen LogP contribution >= 0.6 is 0 Å². The van der Waals surface area contributed by atoms with Crippen molar-refractivity contribution in [3.63, 3.8) is 0 Å². The van der Waals surface area contributed by atoms with Crippen molar-refractivity contribution in [2.75, 3.05) is 6.54 Å². The summed E-state index contributed by atoms with van der Waals surface area (Å²) in [5.74, 6) is 0.579. The number of carboxylic acid groups (broad SMARTS) is 1. The Morgan fingerprint density at radius 2 is 2.15 bits per heavy atom. The molecule has 1 fully saturated rings. The predicted octanol–water partition coefficient (Wildman–Crippen LogP) is 2.09. The number of hydrogen-bond acceptors (Lipinski definition) is 1. The van der Waals surface area contributed by atoms with Gasteiger partial charge >= 0.3 is 6.09 Å². The fraction of sp³-hybridized carbons (Fsp3) is 0.700. The Balaban J connectivity index is 2.12. The molecule has 3 heteroatoms. The third-order valence-corrected chi connectivity index (χ3v) is 3.15. The van der Waals surface area contributed by atoms with Gasteiger partial charge in [-0.2, -0.15) is 0 Å². The van der Waals surface area contributed by atoms with Crippen LogP contribution in [-0.4, -0.2) is 28.7 Å². The Labute approximate surface area is 78.0 Å². The summed E-state index contributed by atoms with van der Waals surface area (Å²) >= 11 is 0. The van der Waals surface area contributed by atoms with Gasteiger partial charge in [-0.25, -0.2) is 4.79 Å². The number of piperidine rings is 1. The number of hydrogen-bond donors (Lipinski definition) is 1. The van der Waals surface area contributed by atoms with Crippen molar-refractivity contribution < 1.29 is 9.90 Å². The van der Waals surface area contributed by atoms with E-state index in [1.807, 2.05) is 0 Å². The Morgan fingerprint density at radius 1 is 1.38 bits per heavy atom. The fourth-order valence-electron chi connectivity index (χ4n) is 2.48. The number of carbonyl (C=O) groups is 1. The monoisotopic (exact) mass is 181 g/mol. The maximum absolute atomic E-state index is 10.9. The molecule has 2 atom stereocenters. The average Bonchev–Trinajstić information content (AvgIpc) is 2.17. The largest absolute Gasteiger partial charge is 0.465 e. The van der Waals surface area contributed by atoms with Crippen molar-refractivity contribution in [3.8, 4) is 0 Å². The molecule has 0 aromatic heterocycles. The van der Waals surface area contributed by atoms with E-state index in [-0.39, 0.29) is 6.04 Å². The minimum absolute atomic E-state index is 0.260. The zero-order chi connectivity index (χ0) is 9.26. The highest BCUT2D eigenvalue weighted by Crippen LogP contribution is 2.31. The molecule has 72 valence electrons. The summed E-state index contributed by atoms with van der Waals surface area (Å²) in [5, 5.41) is 8.98. The lowest BCUT2D eigenvalue weighted by atomic mass is 9.82. The molecular weight excluding hydrogens is 166 g/mol. The van der Waals surface area contributed by atoms with Gasteiger partial charge in [0.05, 0.1) is 0 Å². The molecule has 13 heavy (non-hydrogen) atoms. The van der Waals surface area contributed by atoms with Gasteiger partial charge in [-0.05, 0) is 31.6 Å². The summed E-state index contributed by atoms with van der Waals surface area (Å²) in [6, 6.07) is 0.260. The van der Waals surface area contributed by atoms with Gasteiger partial charge in [-0.1, -0.05) is 12.2 Å². The van der Waals surface area contributed by atoms with E-state index in [1.165, 1.54) is 6.42 Å². The third kappa shape index (κ3) is 1.55. The molecule has 2 aliphatic rings. The van der Waals surface area contributed by atoms with Crippen LogP contribution in [0.5, 0.6) is 0 Å². The minimum atomic E-state index is -0.745. The summed E-state index contributed by atoms with van der Waals surface area (Å²) in [4.78, 5) is 12.5. The topological polar surface area (TPSA) is 40.5 Å². The van der Waals surface area contributed by atoms with Crippen LogP contribution in [0.25, 0.3) is 0 Å². The van der Waals surface area contributed by atoms with Crippen LogP contribution in [0, 0.1) is 5.92 Å². The van der Waals surface area contributed by atoms with E-state index < -0.39 is 6.09 Å². The zero-order valence-corrected chi connectivity index (χ0v) is 7.65. The van der Waals surface area contributed by atoms with Gasteiger partial charge in [-0.15, -0.1) is 0 Å². The molecule has 1 amide bonds. The van der Waals surface area contributed by atoms with Crippen LogP contribution in [-0.2, 0) is 0 Å². The smallest absolute Gasteiger partial charge is 0.407 e. The van der Waals surface area contributed by atoms with Gasteiger partial charge in [-0.3, -0.25) is 0 Å². The molecule has 0 aromatic carbocycles. The fourth-order valence-corrected chi connectivity index (χ4v) is 2.48. The summed E-state index contributed by atoms with van der Waals surface area (Å²) in [7, 11) is 0. The highest BCUT2D eigenvalue weighted by atomic mass is 16.4. The quantitative estimate of drug-likeness (QED) is 0.581. The molecule has 0 saturated carbocycles. The van der Waals surface area contributed by atoms with E-state index in [9.17, 15) is 4.79 Å². The first kappa shape index (κ1) is 8.60. The second-order valence-corrected chi connectivity index (χ2v) is 3.89. The lowest BCUT2D eigenvalue weighted by molar-refractivity contribution is 0.0772. The molecule has 0 unspecified atom stereocenters. The maximum Gasteiger partial charge on any atom is 0.407 e. The average molecular weight is 181 g/mol. The van der Waals surface area contributed by atoms with Crippen LogP contribution in [0.15, 0.2) is 12.2 Å². The van der Waals surface area contributed by atoms with Crippen LogP contribution in [0.3, 0.4) is 0 Å². The van der Waals surface area contributed by atoms with E-state index in [0.29, 0.717) is 5.92 Å². The Morgan fingerprint density at radius 3 is 2.92 bits per heavy atom. The van der Waals surface area contributed by atoms with Crippen molar-refractivity contribution in [1.82, 2.24) is 4.90 Å². The van der Waals surface area contributed by atoms with Crippen molar-refractivity contribution in [3.05, 3.63) is 12.2 Å². The van der Waals surface area contributed by atoms with Gasteiger partial charge < -0.3 is 10.0 Å². The number of allylic oxidation sites excluding steroid dienone is 1. The molecule has 1 heterocycles. The van der Waals surface area contributed by atoms with Crippen LogP contribution in [0.1, 0.15) is 25.7 Å². The molecule has 1 N–H and O–H groups in total. The Kier molecular flexibility index (Phi) is 2.25. The molecular formula is C10H15NO2. The third-order valence-electron chi connectivity index (χ3n) is 3.15. The second kappa shape index (κ2) is 3.40. The van der Waals surface area contributed by atoms with Gasteiger partial charge in [0.25, 0.3) is 0 Å². The van der Waals surface area contributed by atoms with Gasteiger partial charge in [0.2, 0.25) is 0 Å². The number of fused-ring (bicyclic) bond motifs is 1. The molecule has 3 nitrogen and oxygen atoms in total. The lowest BCUT2D eigenvalue weighted by Crippen LogP contribution is -2.48. The van der Waals surface area contributed by atoms with E-state index in [1.54, 1.807) is 4.90 Å². The molecule has 2 rings (SSSR count). The summed E-state index contributed by atoms with van der Waals surface area (Å²) in [6.07, 6.45) is 7.76. The van der Waals surface area contributed by atoms with E-state index >= 15 is 0 Å². The van der Waals surface area contributed by atoms with E-state index in [0.717, 1.165) is 25.8 Å². The van der Waals surface area contributed by atoms with Crippen LogP contribution < -0.4 is 0 Å².